The SMILES string of the molecule is COc1ccc(NC(=O)Nc2c(NC3CCCCC3)c3ccccc3oc2=O)cc1OC. The number of anilines is 3. The second kappa shape index (κ2) is 9.64. The van der Waals surface area contributed by atoms with Crippen molar-refractivity contribution in [2.75, 3.05) is 30.2 Å². The van der Waals surface area contributed by atoms with E-state index in [1.807, 2.05) is 18.2 Å². The molecule has 2 amide bonds. The van der Waals surface area contributed by atoms with Gasteiger partial charge in [-0.3, -0.25) is 5.32 Å². The Morgan fingerprint density at radius 3 is 2.44 bits per heavy atom. The molecular weight excluding hydrogens is 410 g/mol. The number of ether oxygens (including phenoxy) is 2. The Bertz CT molecular complexity index is 1170. The average molecular weight is 437 g/mol. The zero-order valence-corrected chi connectivity index (χ0v) is 18.2. The third-order valence-electron chi connectivity index (χ3n) is 5.65. The summed E-state index contributed by atoms with van der Waals surface area (Å²) >= 11 is 0. The number of hydrogen-bond donors (Lipinski definition) is 3. The minimum absolute atomic E-state index is 0.0900. The van der Waals surface area contributed by atoms with Crippen LogP contribution in [0.15, 0.2) is 51.7 Å². The Hall–Kier alpha value is -3.68. The van der Waals surface area contributed by atoms with Gasteiger partial charge in [0.15, 0.2) is 17.2 Å². The number of methoxy groups -OCH3 is 2. The number of rotatable bonds is 6. The Labute approximate surface area is 185 Å². The molecule has 0 aliphatic heterocycles. The van der Waals surface area contributed by atoms with Gasteiger partial charge >= 0.3 is 11.7 Å². The maximum absolute atomic E-state index is 12.8. The largest absolute Gasteiger partial charge is 0.493 e. The molecule has 0 unspecified atom stereocenters. The Morgan fingerprint density at radius 1 is 0.938 bits per heavy atom. The summed E-state index contributed by atoms with van der Waals surface area (Å²) in [5, 5.41) is 9.66. The summed E-state index contributed by atoms with van der Waals surface area (Å²) in [4.78, 5) is 25.5. The van der Waals surface area contributed by atoms with Crippen molar-refractivity contribution in [3.8, 4) is 11.5 Å². The molecule has 0 saturated heterocycles. The predicted octanol–water partition coefficient (Wildman–Crippen LogP) is 5.20. The first-order chi connectivity index (χ1) is 15.6. The molecule has 0 spiro atoms. The molecule has 1 fully saturated rings. The zero-order valence-electron chi connectivity index (χ0n) is 18.2. The average Bonchev–Trinajstić information content (AvgIpc) is 2.81. The van der Waals surface area contributed by atoms with Crippen LogP contribution in [0.25, 0.3) is 11.0 Å². The third-order valence-corrected chi connectivity index (χ3v) is 5.65. The number of amides is 2. The van der Waals surface area contributed by atoms with Crippen molar-refractivity contribution in [2.45, 2.75) is 38.1 Å². The van der Waals surface area contributed by atoms with Crippen LogP contribution in [0.3, 0.4) is 0 Å². The second-order valence-corrected chi connectivity index (χ2v) is 7.76. The monoisotopic (exact) mass is 437 g/mol. The van der Waals surface area contributed by atoms with Crippen molar-refractivity contribution in [1.29, 1.82) is 0 Å². The van der Waals surface area contributed by atoms with Crippen LogP contribution in [0, 0.1) is 0 Å². The summed E-state index contributed by atoms with van der Waals surface area (Å²) in [5.74, 6) is 1.03. The van der Waals surface area contributed by atoms with Crippen molar-refractivity contribution in [2.24, 2.45) is 0 Å². The van der Waals surface area contributed by atoms with Gasteiger partial charge in [-0.05, 0) is 37.1 Å². The number of fused-ring (bicyclic) bond motifs is 1. The minimum Gasteiger partial charge on any atom is -0.493 e. The summed E-state index contributed by atoms with van der Waals surface area (Å²) in [6.45, 7) is 0. The highest BCUT2D eigenvalue weighted by Crippen LogP contribution is 2.33. The third kappa shape index (κ3) is 4.64. The fourth-order valence-corrected chi connectivity index (χ4v) is 4.05. The molecule has 168 valence electrons. The molecule has 3 aromatic rings. The first-order valence-corrected chi connectivity index (χ1v) is 10.7. The molecule has 0 radical (unpaired) electrons. The molecule has 32 heavy (non-hydrogen) atoms. The molecule has 0 atom stereocenters. The number of urea groups is 1. The minimum atomic E-state index is -0.607. The number of carbonyl (C=O) groups excluding carboxylic acids is 1. The van der Waals surface area contributed by atoms with Crippen LogP contribution in [0.1, 0.15) is 32.1 Å². The van der Waals surface area contributed by atoms with Gasteiger partial charge in [0.05, 0.1) is 19.9 Å². The molecule has 1 aliphatic carbocycles. The lowest BCUT2D eigenvalue weighted by atomic mass is 9.95. The molecule has 4 rings (SSSR count). The summed E-state index contributed by atoms with van der Waals surface area (Å²) in [7, 11) is 3.06. The fourth-order valence-electron chi connectivity index (χ4n) is 4.05. The summed E-state index contributed by atoms with van der Waals surface area (Å²) < 4.78 is 16.0. The van der Waals surface area contributed by atoms with E-state index in [1.54, 1.807) is 24.3 Å². The molecule has 8 heteroatoms. The van der Waals surface area contributed by atoms with Crippen LogP contribution < -0.4 is 31.0 Å². The van der Waals surface area contributed by atoms with Gasteiger partial charge in [0, 0.05) is 23.2 Å². The lowest BCUT2D eigenvalue weighted by molar-refractivity contribution is 0.262. The fraction of sp³-hybridized carbons (Fsp3) is 0.333. The predicted molar refractivity (Wildman–Crippen MR) is 125 cm³/mol. The van der Waals surface area contributed by atoms with Crippen LogP contribution in [-0.2, 0) is 0 Å². The molecule has 1 heterocycles. The summed E-state index contributed by atoms with van der Waals surface area (Å²) in [5.41, 5.74) is 1.04. The van der Waals surface area contributed by atoms with Crippen molar-refractivity contribution in [1.82, 2.24) is 0 Å². The van der Waals surface area contributed by atoms with Gasteiger partial charge in [-0.15, -0.1) is 0 Å². The highest BCUT2D eigenvalue weighted by atomic mass is 16.5. The Kier molecular flexibility index (Phi) is 6.49. The smallest absolute Gasteiger partial charge is 0.362 e. The van der Waals surface area contributed by atoms with Crippen molar-refractivity contribution >= 4 is 34.1 Å². The molecule has 8 nitrogen and oxygen atoms in total. The van der Waals surface area contributed by atoms with Crippen LogP contribution in [0.2, 0.25) is 0 Å². The summed E-state index contributed by atoms with van der Waals surface area (Å²) in [6.07, 6.45) is 5.53. The molecule has 1 aromatic heterocycles. The van der Waals surface area contributed by atoms with E-state index in [1.165, 1.54) is 20.6 Å². The van der Waals surface area contributed by atoms with E-state index in [0.717, 1.165) is 31.1 Å². The van der Waals surface area contributed by atoms with E-state index in [-0.39, 0.29) is 11.7 Å². The second-order valence-electron chi connectivity index (χ2n) is 7.76. The van der Waals surface area contributed by atoms with E-state index in [9.17, 15) is 9.59 Å². The van der Waals surface area contributed by atoms with Gasteiger partial charge in [-0.2, -0.15) is 0 Å². The van der Waals surface area contributed by atoms with Crippen LogP contribution in [0.4, 0.5) is 21.9 Å². The topological polar surface area (TPSA) is 102 Å². The molecule has 1 saturated carbocycles. The van der Waals surface area contributed by atoms with Crippen molar-refractivity contribution in [3.63, 3.8) is 0 Å². The van der Waals surface area contributed by atoms with E-state index in [2.05, 4.69) is 16.0 Å². The van der Waals surface area contributed by atoms with Gasteiger partial charge in [-0.25, -0.2) is 9.59 Å². The summed E-state index contributed by atoms with van der Waals surface area (Å²) in [6, 6.07) is 12.0. The van der Waals surface area contributed by atoms with E-state index in [0.29, 0.717) is 28.5 Å². The van der Waals surface area contributed by atoms with Gasteiger partial charge in [-0.1, -0.05) is 31.4 Å². The van der Waals surface area contributed by atoms with Crippen molar-refractivity contribution in [3.05, 3.63) is 52.9 Å². The van der Waals surface area contributed by atoms with Crippen LogP contribution >= 0.6 is 0 Å². The molecule has 2 aromatic carbocycles. The van der Waals surface area contributed by atoms with E-state index < -0.39 is 11.7 Å². The lowest BCUT2D eigenvalue weighted by Gasteiger charge is -2.25. The first kappa shape index (κ1) is 21.5. The van der Waals surface area contributed by atoms with Crippen LogP contribution in [-0.4, -0.2) is 26.3 Å². The molecular formula is C24H27N3O5. The lowest BCUT2D eigenvalue weighted by Crippen LogP contribution is -2.27. The molecule has 3 N–H and O–H groups in total. The standard InChI is InChI=1S/C24H27N3O5/c1-30-19-13-12-16(14-20(19)31-2)26-24(29)27-22-21(25-15-8-4-3-5-9-15)17-10-6-7-11-18(17)32-23(22)28/h6-7,10-15,25H,3-5,8-9H2,1-2H3,(H2,26,27,29). The first-order valence-electron chi connectivity index (χ1n) is 10.7. The highest BCUT2D eigenvalue weighted by Gasteiger charge is 2.21. The van der Waals surface area contributed by atoms with E-state index >= 15 is 0 Å². The number of carbonyl (C=O) groups is 1. The number of hydrogen-bond acceptors (Lipinski definition) is 6. The highest BCUT2D eigenvalue weighted by molar-refractivity contribution is 6.05. The maximum atomic E-state index is 12.8. The van der Waals surface area contributed by atoms with Gasteiger partial charge < -0.3 is 24.5 Å². The van der Waals surface area contributed by atoms with Gasteiger partial charge in [0.25, 0.3) is 0 Å². The maximum Gasteiger partial charge on any atom is 0.362 e. The van der Waals surface area contributed by atoms with E-state index in [4.69, 9.17) is 13.9 Å². The molecule has 1 aliphatic rings. The van der Waals surface area contributed by atoms with Crippen LogP contribution in [0.5, 0.6) is 11.5 Å². The normalized spacial score (nSPS) is 14.1. The number of nitrogens with one attached hydrogen (secondary N) is 3. The zero-order chi connectivity index (χ0) is 22.5. The van der Waals surface area contributed by atoms with Gasteiger partial charge in [0.2, 0.25) is 0 Å². The number of para-hydroxylation sites is 1. The van der Waals surface area contributed by atoms with Crippen molar-refractivity contribution < 1.29 is 18.7 Å². The number of benzene rings is 2. The molecule has 0 bridgehead atoms. The Morgan fingerprint density at radius 2 is 1.69 bits per heavy atom. The van der Waals surface area contributed by atoms with Gasteiger partial charge in [0.1, 0.15) is 5.58 Å². The quantitative estimate of drug-likeness (QED) is 0.458. The Balaban J connectivity index is 1.63.